The number of pyridine rings is 1. The van der Waals surface area contributed by atoms with Gasteiger partial charge in [0, 0.05) is 22.4 Å². The number of carbonyl (C=O) groups excluding carboxylic acids is 1. The Morgan fingerprint density at radius 1 is 1.13 bits per heavy atom. The van der Waals surface area contributed by atoms with Crippen molar-refractivity contribution in [2.75, 3.05) is 0 Å². The Bertz CT molecular complexity index is 482. The van der Waals surface area contributed by atoms with Crippen LogP contribution in [0.1, 0.15) is 15.9 Å². The van der Waals surface area contributed by atoms with E-state index >= 15 is 0 Å². The van der Waals surface area contributed by atoms with E-state index in [9.17, 15) is 4.79 Å². The molecule has 2 rings (SSSR count). The van der Waals surface area contributed by atoms with Gasteiger partial charge in [-0.15, -0.1) is 0 Å². The molecule has 0 fully saturated rings. The molecule has 0 bridgehead atoms. The highest BCUT2D eigenvalue weighted by Crippen LogP contribution is 2.18. The summed E-state index contributed by atoms with van der Waals surface area (Å²) >= 11 is 3.33. The first-order valence-electron chi connectivity index (χ1n) is 4.48. The Kier molecular flexibility index (Phi) is 2.92. The van der Waals surface area contributed by atoms with Gasteiger partial charge in [0.25, 0.3) is 0 Å². The molecule has 1 aromatic carbocycles. The highest BCUT2D eigenvalue weighted by molar-refractivity contribution is 9.10. The van der Waals surface area contributed by atoms with Gasteiger partial charge >= 0.3 is 0 Å². The lowest BCUT2D eigenvalue weighted by Gasteiger charge is -2.02. The second-order valence-electron chi connectivity index (χ2n) is 3.05. The van der Waals surface area contributed by atoms with Gasteiger partial charge in [-0.25, -0.2) is 0 Å². The summed E-state index contributed by atoms with van der Waals surface area (Å²) in [6, 6.07) is 10.9. The molecule has 0 aliphatic heterocycles. The zero-order chi connectivity index (χ0) is 10.7. The topological polar surface area (TPSA) is 30.0 Å². The summed E-state index contributed by atoms with van der Waals surface area (Å²) < 4.78 is 0.770. The minimum atomic E-state index is -0.0180. The first-order chi connectivity index (χ1) is 7.29. The van der Waals surface area contributed by atoms with Gasteiger partial charge in [-0.2, -0.15) is 0 Å². The van der Waals surface area contributed by atoms with Gasteiger partial charge in [0.05, 0.1) is 5.56 Å². The molecule has 0 unspecified atom stereocenters. The molecule has 1 heterocycles. The third-order valence-corrected chi connectivity index (χ3v) is 2.74. The normalized spacial score (nSPS) is 9.93. The zero-order valence-corrected chi connectivity index (χ0v) is 9.44. The molecule has 2 nitrogen and oxygen atoms in total. The summed E-state index contributed by atoms with van der Waals surface area (Å²) in [6.45, 7) is 0. The molecular weight excluding hydrogens is 254 g/mol. The van der Waals surface area contributed by atoms with E-state index in [1.54, 1.807) is 30.6 Å². The number of hydrogen-bond acceptors (Lipinski definition) is 2. The Labute approximate surface area is 96.1 Å². The molecule has 0 aliphatic carbocycles. The highest BCUT2D eigenvalue weighted by atomic mass is 79.9. The quantitative estimate of drug-likeness (QED) is 0.778. The van der Waals surface area contributed by atoms with Crippen LogP contribution >= 0.6 is 15.9 Å². The molecule has 0 N–H and O–H groups in total. The van der Waals surface area contributed by atoms with E-state index in [0.29, 0.717) is 11.1 Å². The molecule has 3 heteroatoms. The smallest absolute Gasteiger partial charge is 0.195 e. The monoisotopic (exact) mass is 261 g/mol. The minimum Gasteiger partial charge on any atom is -0.289 e. The number of benzene rings is 1. The molecule has 0 saturated carbocycles. The van der Waals surface area contributed by atoms with Gasteiger partial charge < -0.3 is 0 Å². The summed E-state index contributed by atoms with van der Waals surface area (Å²) in [4.78, 5) is 15.9. The maximum absolute atomic E-state index is 12.0. The van der Waals surface area contributed by atoms with Crippen molar-refractivity contribution in [3.63, 3.8) is 0 Å². The average Bonchev–Trinajstić information content (AvgIpc) is 2.30. The molecule has 0 saturated heterocycles. The summed E-state index contributed by atoms with van der Waals surface area (Å²) in [6.07, 6.45) is 3.21. The number of ketones is 1. The van der Waals surface area contributed by atoms with Crippen LogP contribution in [0, 0.1) is 0 Å². The molecule has 0 spiro atoms. The summed E-state index contributed by atoms with van der Waals surface area (Å²) in [5, 5.41) is 0. The Morgan fingerprint density at radius 2 is 1.87 bits per heavy atom. The molecule has 1 aromatic heterocycles. The minimum absolute atomic E-state index is 0.0180. The van der Waals surface area contributed by atoms with E-state index in [4.69, 9.17) is 0 Å². The average molecular weight is 262 g/mol. The predicted molar refractivity (Wildman–Crippen MR) is 61.8 cm³/mol. The highest BCUT2D eigenvalue weighted by Gasteiger charge is 2.11. The van der Waals surface area contributed by atoms with Gasteiger partial charge in [0.15, 0.2) is 5.78 Å². The number of hydrogen-bond donors (Lipinski definition) is 0. The Balaban J connectivity index is 2.42. The Morgan fingerprint density at radius 3 is 2.53 bits per heavy atom. The maximum Gasteiger partial charge on any atom is 0.195 e. The van der Waals surface area contributed by atoms with Crippen LogP contribution in [0.5, 0.6) is 0 Å². The third-order valence-electron chi connectivity index (χ3n) is 2.05. The van der Waals surface area contributed by atoms with Crippen LogP contribution in [0.3, 0.4) is 0 Å². The molecule has 0 amide bonds. The van der Waals surface area contributed by atoms with Crippen molar-refractivity contribution in [2.24, 2.45) is 0 Å². The molecule has 0 atom stereocenters. The van der Waals surface area contributed by atoms with Gasteiger partial charge in [0.2, 0.25) is 0 Å². The lowest BCUT2D eigenvalue weighted by Crippen LogP contribution is -2.02. The summed E-state index contributed by atoms with van der Waals surface area (Å²) in [7, 11) is 0. The molecule has 15 heavy (non-hydrogen) atoms. The van der Waals surface area contributed by atoms with Crippen molar-refractivity contribution in [2.45, 2.75) is 0 Å². The van der Waals surface area contributed by atoms with Crippen LogP contribution in [-0.4, -0.2) is 10.8 Å². The lowest BCUT2D eigenvalue weighted by atomic mass is 10.1. The third kappa shape index (κ3) is 2.13. The van der Waals surface area contributed by atoms with Gasteiger partial charge in [0.1, 0.15) is 0 Å². The van der Waals surface area contributed by atoms with Crippen LogP contribution in [0.25, 0.3) is 0 Å². The molecular formula is C12H8BrNO. The maximum atomic E-state index is 12.0. The van der Waals surface area contributed by atoms with Crippen molar-refractivity contribution in [3.8, 4) is 0 Å². The number of rotatable bonds is 2. The fraction of sp³-hybridized carbons (Fsp3) is 0. The standard InChI is InChI=1S/C12H8BrNO/c13-11-6-7-14-8-10(11)12(15)9-4-2-1-3-5-9/h1-8H. The molecule has 0 aliphatic rings. The molecule has 74 valence electrons. The van der Waals surface area contributed by atoms with Crippen molar-refractivity contribution < 1.29 is 4.79 Å². The van der Waals surface area contributed by atoms with Crippen LogP contribution in [-0.2, 0) is 0 Å². The molecule has 2 aromatic rings. The van der Waals surface area contributed by atoms with E-state index in [1.165, 1.54) is 0 Å². The molecule has 0 radical (unpaired) electrons. The fourth-order valence-corrected chi connectivity index (χ4v) is 1.69. The lowest BCUT2D eigenvalue weighted by molar-refractivity contribution is 0.103. The van der Waals surface area contributed by atoms with Crippen molar-refractivity contribution >= 4 is 21.7 Å². The van der Waals surface area contributed by atoms with E-state index in [0.717, 1.165) is 4.47 Å². The van der Waals surface area contributed by atoms with Crippen LogP contribution < -0.4 is 0 Å². The largest absolute Gasteiger partial charge is 0.289 e. The van der Waals surface area contributed by atoms with E-state index in [1.807, 2.05) is 18.2 Å². The van der Waals surface area contributed by atoms with Crippen LogP contribution in [0.4, 0.5) is 0 Å². The number of nitrogens with zero attached hydrogens (tertiary/aromatic N) is 1. The van der Waals surface area contributed by atoms with Crippen LogP contribution in [0.2, 0.25) is 0 Å². The van der Waals surface area contributed by atoms with Crippen molar-refractivity contribution in [1.29, 1.82) is 0 Å². The summed E-state index contributed by atoms with van der Waals surface area (Å²) in [5.41, 5.74) is 1.26. The van der Waals surface area contributed by atoms with E-state index < -0.39 is 0 Å². The SMILES string of the molecule is O=C(c1ccccc1)c1cnccc1Br. The van der Waals surface area contributed by atoms with Gasteiger partial charge in [-0.1, -0.05) is 30.3 Å². The Hall–Kier alpha value is -1.48. The fourth-order valence-electron chi connectivity index (χ4n) is 1.29. The van der Waals surface area contributed by atoms with E-state index in [2.05, 4.69) is 20.9 Å². The predicted octanol–water partition coefficient (Wildman–Crippen LogP) is 3.08. The number of carbonyl (C=O) groups is 1. The second-order valence-corrected chi connectivity index (χ2v) is 3.91. The second kappa shape index (κ2) is 4.36. The van der Waals surface area contributed by atoms with Crippen molar-refractivity contribution in [1.82, 2.24) is 4.98 Å². The van der Waals surface area contributed by atoms with Gasteiger partial charge in [-0.05, 0) is 22.0 Å². The first-order valence-corrected chi connectivity index (χ1v) is 5.27. The van der Waals surface area contributed by atoms with Gasteiger partial charge in [-0.3, -0.25) is 9.78 Å². The zero-order valence-electron chi connectivity index (χ0n) is 7.85. The number of halogens is 1. The van der Waals surface area contributed by atoms with Crippen molar-refractivity contribution in [3.05, 3.63) is 64.4 Å². The summed E-state index contributed by atoms with van der Waals surface area (Å²) in [5.74, 6) is -0.0180. The first kappa shape index (κ1) is 10.1. The number of aromatic nitrogens is 1. The van der Waals surface area contributed by atoms with Crippen LogP contribution in [0.15, 0.2) is 53.3 Å². The van der Waals surface area contributed by atoms with E-state index in [-0.39, 0.29) is 5.78 Å².